The standard InChI is InChI=1S/C18H15N/c1-2-8-15-13-18(14-9-4-3-5-10-14)19-17-12-7-6-11-16(15)17/h2-7,9-13H,1,8H2. The molecule has 1 nitrogen and oxygen atoms in total. The predicted octanol–water partition coefficient (Wildman–Crippen LogP) is 4.63. The van der Waals surface area contributed by atoms with Crippen LogP contribution in [0.4, 0.5) is 0 Å². The Bertz CT molecular complexity index is 714. The van der Waals surface area contributed by atoms with Crippen LogP contribution in [0.5, 0.6) is 0 Å². The van der Waals surface area contributed by atoms with Crippen molar-refractivity contribution in [2.75, 3.05) is 0 Å². The van der Waals surface area contributed by atoms with Crippen LogP contribution in [0.2, 0.25) is 0 Å². The van der Waals surface area contributed by atoms with Crippen LogP contribution in [0.1, 0.15) is 5.56 Å². The molecule has 0 bridgehead atoms. The molecule has 0 saturated carbocycles. The number of para-hydroxylation sites is 1. The van der Waals surface area contributed by atoms with Crippen molar-refractivity contribution in [3.8, 4) is 11.3 Å². The summed E-state index contributed by atoms with van der Waals surface area (Å²) in [6.07, 6.45) is 2.80. The van der Waals surface area contributed by atoms with E-state index in [9.17, 15) is 0 Å². The van der Waals surface area contributed by atoms with Gasteiger partial charge in [-0.1, -0.05) is 54.6 Å². The molecular weight excluding hydrogens is 230 g/mol. The van der Waals surface area contributed by atoms with E-state index in [1.54, 1.807) is 0 Å². The second-order valence-electron chi connectivity index (χ2n) is 4.54. The van der Waals surface area contributed by atoms with E-state index in [0.717, 1.165) is 23.2 Å². The van der Waals surface area contributed by atoms with Crippen molar-refractivity contribution in [3.05, 3.63) is 78.9 Å². The Morgan fingerprint density at radius 2 is 1.68 bits per heavy atom. The number of hydrogen-bond donors (Lipinski definition) is 0. The number of allylic oxidation sites excluding steroid dienone is 1. The van der Waals surface area contributed by atoms with Gasteiger partial charge in [0.1, 0.15) is 0 Å². The van der Waals surface area contributed by atoms with Crippen LogP contribution in [0.3, 0.4) is 0 Å². The summed E-state index contributed by atoms with van der Waals surface area (Å²) in [7, 11) is 0. The van der Waals surface area contributed by atoms with E-state index in [1.165, 1.54) is 10.9 Å². The van der Waals surface area contributed by atoms with Gasteiger partial charge in [0.15, 0.2) is 0 Å². The van der Waals surface area contributed by atoms with Crippen molar-refractivity contribution >= 4 is 10.9 Å². The first-order valence-electron chi connectivity index (χ1n) is 6.43. The zero-order valence-electron chi connectivity index (χ0n) is 10.7. The molecule has 2 aromatic carbocycles. The van der Waals surface area contributed by atoms with Gasteiger partial charge in [-0.2, -0.15) is 0 Å². The second kappa shape index (κ2) is 5.07. The van der Waals surface area contributed by atoms with E-state index in [1.807, 2.05) is 30.3 Å². The van der Waals surface area contributed by atoms with Gasteiger partial charge in [0.05, 0.1) is 11.2 Å². The molecule has 0 N–H and O–H groups in total. The van der Waals surface area contributed by atoms with E-state index in [0.29, 0.717) is 0 Å². The number of pyridine rings is 1. The average Bonchev–Trinajstić information content (AvgIpc) is 2.48. The van der Waals surface area contributed by atoms with Gasteiger partial charge >= 0.3 is 0 Å². The molecule has 1 heteroatoms. The molecule has 0 amide bonds. The smallest absolute Gasteiger partial charge is 0.0712 e. The number of benzene rings is 2. The molecule has 1 aromatic heterocycles. The lowest BCUT2D eigenvalue weighted by atomic mass is 10.0. The lowest BCUT2D eigenvalue weighted by molar-refractivity contribution is 1.27. The van der Waals surface area contributed by atoms with Gasteiger partial charge < -0.3 is 0 Å². The topological polar surface area (TPSA) is 12.9 Å². The maximum absolute atomic E-state index is 4.75. The summed E-state index contributed by atoms with van der Waals surface area (Å²) in [6, 6.07) is 20.7. The van der Waals surface area contributed by atoms with Gasteiger partial charge in [0, 0.05) is 10.9 Å². The van der Waals surface area contributed by atoms with Crippen molar-refractivity contribution in [1.82, 2.24) is 4.98 Å². The highest BCUT2D eigenvalue weighted by Crippen LogP contribution is 2.25. The first-order chi connectivity index (χ1) is 9.38. The lowest BCUT2D eigenvalue weighted by Crippen LogP contribution is -1.91. The van der Waals surface area contributed by atoms with Crippen LogP contribution in [-0.4, -0.2) is 4.98 Å². The molecule has 3 rings (SSSR count). The minimum Gasteiger partial charge on any atom is -0.248 e. The maximum Gasteiger partial charge on any atom is 0.0712 e. The van der Waals surface area contributed by atoms with Gasteiger partial charge in [0.2, 0.25) is 0 Å². The summed E-state index contributed by atoms with van der Waals surface area (Å²) >= 11 is 0. The molecule has 0 radical (unpaired) electrons. The quantitative estimate of drug-likeness (QED) is 0.613. The number of hydrogen-bond acceptors (Lipinski definition) is 1. The molecule has 3 aromatic rings. The van der Waals surface area contributed by atoms with Crippen LogP contribution in [0, 0.1) is 0 Å². The Morgan fingerprint density at radius 3 is 2.47 bits per heavy atom. The normalized spacial score (nSPS) is 10.5. The highest BCUT2D eigenvalue weighted by molar-refractivity contribution is 5.85. The van der Waals surface area contributed by atoms with Crippen LogP contribution >= 0.6 is 0 Å². The first-order valence-corrected chi connectivity index (χ1v) is 6.43. The van der Waals surface area contributed by atoms with Crippen molar-refractivity contribution in [2.45, 2.75) is 6.42 Å². The number of nitrogens with zero attached hydrogens (tertiary/aromatic N) is 1. The van der Waals surface area contributed by atoms with Gasteiger partial charge in [0.25, 0.3) is 0 Å². The predicted molar refractivity (Wildman–Crippen MR) is 81.1 cm³/mol. The molecule has 19 heavy (non-hydrogen) atoms. The Labute approximate surface area is 113 Å². The van der Waals surface area contributed by atoms with Crippen molar-refractivity contribution in [3.63, 3.8) is 0 Å². The van der Waals surface area contributed by atoms with Gasteiger partial charge in [-0.25, -0.2) is 4.98 Å². The van der Waals surface area contributed by atoms with E-state index in [4.69, 9.17) is 4.98 Å². The van der Waals surface area contributed by atoms with Crippen molar-refractivity contribution < 1.29 is 0 Å². The van der Waals surface area contributed by atoms with E-state index < -0.39 is 0 Å². The minimum absolute atomic E-state index is 0.864. The van der Waals surface area contributed by atoms with Crippen LogP contribution in [0.15, 0.2) is 73.3 Å². The number of aromatic nitrogens is 1. The van der Waals surface area contributed by atoms with Crippen molar-refractivity contribution in [1.29, 1.82) is 0 Å². The van der Waals surface area contributed by atoms with E-state index >= 15 is 0 Å². The third-order valence-electron chi connectivity index (χ3n) is 3.24. The number of rotatable bonds is 3. The van der Waals surface area contributed by atoms with Crippen LogP contribution in [-0.2, 0) is 6.42 Å². The van der Waals surface area contributed by atoms with Crippen molar-refractivity contribution in [2.24, 2.45) is 0 Å². The molecule has 0 atom stereocenters. The summed E-state index contributed by atoms with van der Waals surface area (Å²) in [4.78, 5) is 4.75. The Morgan fingerprint density at radius 1 is 0.947 bits per heavy atom. The summed E-state index contributed by atoms with van der Waals surface area (Å²) in [5.74, 6) is 0. The molecule has 0 aliphatic carbocycles. The van der Waals surface area contributed by atoms with Gasteiger partial charge in [-0.05, 0) is 24.1 Å². The highest BCUT2D eigenvalue weighted by atomic mass is 14.7. The zero-order valence-corrected chi connectivity index (χ0v) is 10.7. The minimum atomic E-state index is 0.864. The van der Waals surface area contributed by atoms with Gasteiger partial charge in [-0.15, -0.1) is 6.58 Å². The summed E-state index contributed by atoms with van der Waals surface area (Å²) in [5, 5.41) is 1.21. The Kier molecular flexibility index (Phi) is 3.11. The van der Waals surface area contributed by atoms with Crippen LogP contribution < -0.4 is 0 Å². The largest absolute Gasteiger partial charge is 0.248 e. The van der Waals surface area contributed by atoms with E-state index in [-0.39, 0.29) is 0 Å². The second-order valence-corrected chi connectivity index (χ2v) is 4.54. The van der Waals surface area contributed by atoms with Gasteiger partial charge in [-0.3, -0.25) is 0 Å². The first kappa shape index (κ1) is 11.7. The summed E-state index contributed by atoms with van der Waals surface area (Å²) in [5.41, 5.74) is 4.50. The van der Waals surface area contributed by atoms with E-state index in [2.05, 4.69) is 43.0 Å². The molecule has 0 aliphatic rings. The molecule has 0 aliphatic heterocycles. The third-order valence-corrected chi connectivity index (χ3v) is 3.24. The zero-order chi connectivity index (χ0) is 13.1. The molecule has 0 saturated heterocycles. The third kappa shape index (κ3) is 2.27. The van der Waals surface area contributed by atoms with Crippen LogP contribution in [0.25, 0.3) is 22.2 Å². The molecule has 0 unspecified atom stereocenters. The molecular formula is C18H15N. The fraction of sp³-hybridized carbons (Fsp3) is 0.0556. The molecule has 92 valence electrons. The highest BCUT2D eigenvalue weighted by Gasteiger charge is 2.05. The SMILES string of the molecule is C=CCc1cc(-c2ccccc2)nc2ccccc12. The fourth-order valence-electron chi connectivity index (χ4n) is 2.33. The fourth-order valence-corrected chi connectivity index (χ4v) is 2.33. The summed E-state index contributed by atoms with van der Waals surface area (Å²) < 4.78 is 0. The summed E-state index contributed by atoms with van der Waals surface area (Å²) in [6.45, 7) is 3.84. The maximum atomic E-state index is 4.75. The Hall–Kier alpha value is -2.41. The average molecular weight is 245 g/mol. The lowest BCUT2D eigenvalue weighted by Gasteiger charge is -2.08. The number of fused-ring (bicyclic) bond motifs is 1. The Balaban J connectivity index is 2.24. The molecule has 0 fully saturated rings. The molecule has 1 heterocycles. The molecule has 0 spiro atoms. The monoisotopic (exact) mass is 245 g/mol.